The van der Waals surface area contributed by atoms with Crippen LogP contribution in [0.1, 0.15) is 12.5 Å². The minimum Gasteiger partial charge on any atom is -0.390 e. The Bertz CT molecular complexity index is 516. The average Bonchev–Trinajstić information content (AvgIpc) is 2.81. The minimum absolute atomic E-state index is 0.0375. The van der Waals surface area contributed by atoms with Crippen LogP contribution >= 0.6 is 0 Å². The van der Waals surface area contributed by atoms with E-state index >= 15 is 0 Å². The summed E-state index contributed by atoms with van der Waals surface area (Å²) in [6.45, 7) is 1.33. The number of halogens is 1. The maximum absolute atomic E-state index is 13.8. The van der Waals surface area contributed by atoms with E-state index in [9.17, 15) is 14.6 Å². The van der Waals surface area contributed by atoms with Crippen molar-refractivity contribution in [3.63, 3.8) is 0 Å². The van der Waals surface area contributed by atoms with Crippen LogP contribution in [-0.4, -0.2) is 31.1 Å². The van der Waals surface area contributed by atoms with Gasteiger partial charge in [-0.05, 0) is 13.0 Å². The summed E-state index contributed by atoms with van der Waals surface area (Å²) < 4.78 is 15.1. The van der Waals surface area contributed by atoms with E-state index in [4.69, 9.17) is 0 Å². The molecule has 0 fully saturated rings. The van der Waals surface area contributed by atoms with E-state index in [1.165, 1.54) is 42.5 Å². The molecule has 2 rings (SSSR count). The smallest absolute Gasteiger partial charge is 0.137 e. The second-order valence-corrected chi connectivity index (χ2v) is 4.17. The first-order valence-electron chi connectivity index (χ1n) is 5.52. The van der Waals surface area contributed by atoms with Gasteiger partial charge in [0.2, 0.25) is 0 Å². The number of benzene rings is 1. The van der Waals surface area contributed by atoms with Crippen LogP contribution < -0.4 is 0 Å². The Balaban J connectivity index is 2.41. The summed E-state index contributed by atoms with van der Waals surface area (Å²) >= 11 is 0. The lowest BCUT2D eigenvalue weighted by Gasteiger charge is -2.31. The molecule has 0 aliphatic heterocycles. The zero-order valence-electron chi connectivity index (χ0n) is 9.86. The second-order valence-electron chi connectivity index (χ2n) is 4.17. The van der Waals surface area contributed by atoms with Gasteiger partial charge in [-0.1, -0.05) is 18.2 Å². The third-order valence-electron chi connectivity index (χ3n) is 2.90. The topological polar surface area (TPSA) is 71.2 Å². The lowest BCUT2D eigenvalue weighted by Crippen LogP contribution is -2.42. The molecular formula is C12H14FN3O2. The fraction of sp³-hybridized carbons (Fsp3) is 0.333. The Kier molecular flexibility index (Phi) is 3.40. The fourth-order valence-electron chi connectivity index (χ4n) is 1.82. The third kappa shape index (κ3) is 2.25. The molecule has 96 valence electrons. The molecule has 0 radical (unpaired) electrons. The van der Waals surface area contributed by atoms with Crippen molar-refractivity contribution in [2.24, 2.45) is 0 Å². The van der Waals surface area contributed by atoms with Gasteiger partial charge in [0.1, 0.15) is 24.1 Å². The maximum atomic E-state index is 13.8. The molecule has 0 bridgehead atoms. The number of aromatic nitrogens is 3. The van der Waals surface area contributed by atoms with E-state index in [2.05, 4.69) is 10.1 Å². The molecule has 6 heteroatoms. The summed E-state index contributed by atoms with van der Waals surface area (Å²) in [7, 11) is 0. The van der Waals surface area contributed by atoms with Crippen LogP contribution in [0.2, 0.25) is 0 Å². The molecule has 2 aromatic rings. The molecule has 1 heterocycles. The molecule has 0 amide bonds. The van der Waals surface area contributed by atoms with Gasteiger partial charge in [-0.3, -0.25) is 0 Å². The monoisotopic (exact) mass is 251 g/mol. The predicted molar refractivity (Wildman–Crippen MR) is 62.0 cm³/mol. The van der Waals surface area contributed by atoms with Crippen molar-refractivity contribution in [1.82, 2.24) is 14.8 Å². The van der Waals surface area contributed by atoms with Gasteiger partial charge in [0.05, 0.1) is 12.6 Å². The van der Waals surface area contributed by atoms with E-state index in [1.807, 2.05) is 0 Å². The van der Waals surface area contributed by atoms with Gasteiger partial charge in [0.15, 0.2) is 0 Å². The summed E-state index contributed by atoms with van der Waals surface area (Å²) in [6, 6.07) is 5.81. The summed E-state index contributed by atoms with van der Waals surface area (Å²) in [6.07, 6.45) is 1.55. The van der Waals surface area contributed by atoms with E-state index in [1.54, 1.807) is 6.07 Å². The Labute approximate surface area is 104 Å². The van der Waals surface area contributed by atoms with Crippen molar-refractivity contribution in [3.8, 4) is 0 Å². The van der Waals surface area contributed by atoms with Crippen LogP contribution in [0, 0.1) is 5.82 Å². The number of hydrogen-bond donors (Lipinski definition) is 2. The highest BCUT2D eigenvalue weighted by atomic mass is 19.1. The van der Waals surface area contributed by atoms with Crippen molar-refractivity contribution in [2.75, 3.05) is 0 Å². The lowest BCUT2D eigenvalue weighted by molar-refractivity contribution is -0.0873. The first kappa shape index (κ1) is 12.7. The Morgan fingerprint density at radius 3 is 2.72 bits per heavy atom. The highest BCUT2D eigenvalue weighted by molar-refractivity contribution is 5.25. The number of aliphatic hydroxyl groups is 2. The third-order valence-corrected chi connectivity index (χ3v) is 2.90. The van der Waals surface area contributed by atoms with Crippen molar-refractivity contribution in [2.45, 2.75) is 25.2 Å². The van der Waals surface area contributed by atoms with Crippen molar-refractivity contribution < 1.29 is 14.6 Å². The molecule has 18 heavy (non-hydrogen) atoms. The maximum Gasteiger partial charge on any atom is 0.137 e. The molecule has 2 atom stereocenters. The molecule has 0 saturated heterocycles. The highest BCUT2D eigenvalue weighted by Crippen LogP contribution is 2.29. The van der Waals surface area contributed by atoms with Crippen LogP contribution in [0.4, 0.5) is 4.39 Å². The summed E-state index contributed by atoms with van der Waals surface area (Å²) in [5.41, 5.74) is -1.71. The van der Waals surface area contributed by atoms with Crippen LogP contribution in [0.25, 0.3) is 0 Å². The minimum atomic E-state index is -1.75. The van der Waals surface area contributed by atoms with Gasteiger partial charge in [-0.2, -0.15) is 5.10 Å². The fourth-order valence-corrected chi connectivity index (χ4v) is 1.82. The van der Waals surface area contributed by atoms with E-state index in [-0.39, 0.29) is 12.1 Å². The zero-order valence-corrected chi connectivity index (χ0v) is 9.86. The molecule has 1 aromatic heterocycles. The zero-order chi connectivity index (χ0) is 13.2. The van der Waals surface area contributed by atoms with Crippen LogP contribution in [0.3, 0.4) is 0 Å². The lowest BCUT2D eigenvalue weighted by atomic mass is 9.88. The van der Waals surface area contributed by atoms with Gasteiger partial charge in [0, 0.05) is 5.56 Å². The van der Waals surface area contributed by atoms with Crippen LogP contribution in [-0.2, 0) is 12.1 Å². The van der Waals surface area contributed by atoms with Crippen molar-refractivity contribution in [1.29, 1.82) is 0 Å². The van der Waals surface area contributed by atoms with Crippen LogP contribution in [0.15, 0.2) is 36.9 Å². The molecule has 2 N–H and O–H groups in total. The summed E-state index contributed by atoms with van der Waals surface area (Å²) in [4.78, 5) is 3.75. The predicted octanol–water partition coefficient (Wildman–Crippen LogP) is 0.686. The molecule has 1 aromatic carbocycles. The Morgan fingerprint density at radius 1 is 1.44 bits per heavy atom. The van der Waals surface area contributed by atoms with E-state index in [0.717, 1.165) is 0 Å². The summed E-state index contributed by atoms with van der Waals surface area (Å²) in [5.74, 6) is -0.569. The molecular weight excluding hydrogens is 237 g/mol. The Morgan fingerprint density at radius 2 is 2.17 bits per heavy atom. The quantitative estimate of drug-likeness (QED) is 0.838. The van der Waals surface area contributed by atoms with Gasteiger partial charge in [0.25, 0.3) is 0 Å². The number of hydrogen-bond acceptors (Lipinski definition) is 4. The molecule has 0 saturated carbocycles. The number of aliphatic hydroxyl groups excluding tert-OH is 1. The molecule has 0 aliphatic carbocycles. The Hall–Kier alpha value is -1.79. The SMILES string of the molecule is C[C@@H](O)[C@](O)(Cn1cncn1)c1ccccc1F. The van der Waals surface area contributed by atoms with Crippen molar-refractivity contribution in [3.05, 3.63) is 48.3 Å². The highest BCUT2D eigenvalue weighted by Gasteiger charge is 2.37. The normalized spacial score (nSPS) is 16.2. The van der Waals surface area contributed by atoms with Crippen LogP contribution in [0.5, 0.6) is 0 Å². The van der Waals surface area contributed by atoms with E-state index < -0.39 is 17.5 Å². The second kappa shape index (κ2) is 4.83. The number of nitrogens with zero attached hydrogens (tertiary/aromatic N) is 3. The van der Waals surface area contributed by atoms with Gasteiger partial charge >= 0.3 is 0 Å². The standard InChI is InChI=1S/C12H14FN3O2/c1-9(17)12(18,6-16-8-14-7-15-16)10-4-2-3-5-11(10)13/h2-5,7-9,17-18H,6H2,1H3/t9-,12-/m1/s1. The van der Waals surface area contributed by atoms with Crippen molar-refractivity contribution >= 4 is 0 Å². The molecule has 0 spiro atoms. The van der Waals surface area contributed by atoms with Gasteiger partial charge in [-0.25, -0.2) is 14.1 Å². The molecule has 0 unspecified atom stereocenters. The molecule has 0 aliphatic rings. The van der Waals surface area contributed by atoms with Gasteiger partial charge < -0.3 is 10.2 Å². The largest absolute Gasteiger partial charge is 0.390 e. The average molecular weight is 251 g/mol. The number of rotatable bonds is 4. The van der Waals surface area contributed by atoms with E-state index in [0.29, 0.717) is 0 Å². The molecule has 5 nitrogen and oxygen atoms in total. The van der Waals surface area contributed by atoms with Gasteiger partial charge in [-0.15, -0.1) is 0 Å². The summed E-state index contributed by atoms with van der Waals surface area (Å²) in [5, 5.41) is 24.2. The first-order valence-corrected chi connectivity index (χ1v) is 5.52. The first-order chi connectivity index (χ1) is 8.54.